The smallest absolute Gasteiger partial charge is 0.398 e. The summed E-state index contributed by atoms with van der Waals surface area (Å²) in [6, 6.07) is 57.4. The molecule has 0 saturated heterocycles. The molecule has 0 saturated carbocycles. The quantitative estimate of drug-likeness (QED) is 0.0369. The molecule has 0 aromatic heterocycles. The van der Waals surface area contributed by atoms with E-state index in [-0.39, 0.29) is 33.1 Å². The Balaban J connectivity index is 0.000000130. The number of nitrogens with one attached hydrogen (secondary N) is 2. The summed E-state index contributed by atoms with van der Waals surface area (Å²) in [7, 11) is 0. The van der Waals surface area contributed by atoms with Crippen LogP contribution in [-0.4, -0.2) is 35.0 Å². The van der Waals surface area contributed by atoms with E-state index in [0.717, 1.165) is 96.3 Å². The first-order valence-electron chi connectivity index (χ1n) is 33.0. The molecule has 5 nitrogen and oxygen atoms in total. The molecule has 496 valence electrons. The molecule has 15 rings (SSSR count). The van der Waals surface area contributed by atoms with E-state index in [9.17, 15) is 35.9 Å². The third-order valence-corrected chi connectivity index (χ3v) is 23.8. The van der Waals surface area contributed by atoms with E-state index in [1.165, 1.54) is 163 Å². The lowest BCUT2D eigenvalue weighted by atomic mass is 9.74. The molecule has 3 spiro atoms. The fraction of sp³-hybridized carbons (Fsp3) is 0.309. The summed E-state index contributed by atoms with van der Waals surface area (Å²) in [5.41, 5.74) is 31.0. The van der Waals surface area contributed by atoms with E-state index in [1.807, 2.05) is 43.3 Å². The minimum Gasteiger partial charge on any atom is -0.398 e. The van der Waals surface area contributed by atoms with Gasteiger partial charge in [0.25, 0.3) is 0 Å². The topological polar surface area (TPSA) is 84.2 Å². The Hall–Kier alpha value is -7.36. The highest BCUT2D eigenvalue weighted by Crippen LogP contribution is 2.58. The number of alkyl halides is 6. The molecule has 15 heteroatoms. The summed E-state index contributed by atoms with van der Waals surface area (Å²) in [4.78, 5) is 25.8. The Morgan fingerprint density at radius 3 is 1.20 bits per heavy atom. The zero-order valence-corrected chi connectivity index (χ0v) is 57.6. The molecule has 1 amide bonds. The van der Waals surface area contributed by atoms with Crippen LogP contribution in [0, 0.1) is 27.7 Å². The third kappa shape index (κ3) is 14.2. The van der Waals surface area contributed by atoms with Gasteiger partial charge in [-0.25, -0.2) is 0 Å². The number of halogens is 7. The van der Waals surface area contributed by atoms with Gasteiger partial charge in [0.15, 0.2) is 0 Å². The molecule has 6 aliphatic rings. The molecule has 0 aliphatic heterocycles. The Morgan fingerprint density at radius 2 is 0.771 bits per heavy atom. The second-order valence-corrected chi connectivity index (χ2v) is 29.9. The van der Waals surface area contributed by atoms with Gasteiger partial charge in [-0.3, -0.25) is 9.59 Å². The van der Waals surface area contributed by atoms with Crippen LogP contribution in [-0.2, 0) is 76.7 Å². The van der Waals surface area contributed by atoms with Gasteiger partial charge in [0.05, 0.1) is 22.6 Å². The number of carbonyl (C=O) groups is 2. The van der Waals surface area contributed by atoms with Crippen molar-refractivity contribution in [2.45, 2.75) is 148 Å². The van der Waals surface area contributed by atoms with Crippen LogP contribution < -0.4 is 16.4 Å². The van der Waals surface area contributed by atoms with Gasteiger partial charge in [0.2, 0.25) is 11.1 Å². The van der Waals surface area contributed by atoms with Crippen molar-refractivity contribution >= 4 is 75.1 Å². The van der Waals surface area contributed by atoms with Gasteiger partial charge in [0, 0.05) is 60.3 Å². The molecule has 0 fully saturated rings. The van der Waals surface area contributed by atoms with Crippen LogP contribution >= 0.6 is 46.9 Å². The van der Waals surface area contributed by atoms with E-state index >= 15 is 0 Å². The fourth-order valence-corrected chi connectivity index (χ4v) is 18.8. The molecule has 9 aromatic carbocycles. The van der Waals surface area contributed by atoms with Gasteiger partial charge in [-0.2, -0.15) is 26.3 Å². The zero-order valence-electron chi connectivity index (χ0n) is 54.4. The van der Waals surface area contributed by atoms with Crippen LogP contribution in [0.25, 0.3) is 0 Å². The number of carbonyl (C=O) groups excluding carboxylic acids is 2. The Kier molecular flexibility index (Phi) is 20.4. The van der Waals surface area contributed by atoms with Gasteiger partial charge >= 0.3 is 12.4 Å². The third-order valence-electron chi connectivity index (χ3n) is 20.4. The summed E-state index contributed by atoms with van der Waals surface area (Å²) >= 11 is 9.47. The largest absolute Gasteiger partial charge is 0.416 e. The highest BCUT2D eigenvalue weighted by Gasteiger charge is 2.49. The van der Waals surface area contributed by atoms with Crippen molar-refractivity contribution in [3.8, 4) is 0 Å². The van der Waals surface area contributed by atoms with Crippen LogP contribution in [0.4, 0.5) is 43.4 Å². The van der Waals surface area contributed by atoms with Crippen LogP contribution in [0.3, 0.4) is 0 Å². The van der Waals surface area contributed by atoms with Crippen molar-refractivity contribution in [3.63, 3.8) is 0 Å². The van der Waals surface area contributed by atoms with Crippen LogP contribution in [0.15, 0.2) is 197 Å². The zero-order chi connectivity index (χ0) is 67.6. The lowest BCUT2D eigenvalue weighted by Gasteiger charge is -2.30. The number of hydrogen-bond donors (Lipinski definition) is 3. The molecule has 6 aliphatic carbocycles. The van der Waals surface area contributed by atoms with Crippen molar-refractivity contribution < 1.29 is 35.9 Å². The van der Waals surface area contributed by atoms with Gasteiger partial charge in [0.1, 0.15) is 0 Å². The van der Waals surface area contributed by atoms with E-state index in [4.69, 9.17) is 17.3 Å². The Morgan fingerprint density at radius 1 is 0.427 bits per heavy atom. The van der Waals surface area contributed by atoms with Crippen molar-refractivity contribution in [2.75, 3.05) is 40.2 Å². The van der Waals surface area contributed by atoms with E-state index < -0.39 is 23.5 Å². The van der Waals surface area contributed by atoms with Crippen LogP contribution in [0.5, 0.6) is 0 Å². The number of rotatable bonds is 12. The lowest BCUT2D eigenvalue weighted by Crippen LogP contribution is -2.25. The average molecular weight is 1370 g/mol. The summed E-state index contributed by atoms with van der Waals surface area (Å²) in [6.45, 7) is 9.45. The normalized spacial score (nSPS) is 18.8. The number of thioether (sulfide) groups is 3. The number of nitrogens with two attached hydrogens (primary N) is 1. The molecule has 0 radical (unpaired) electrons. The van der Waals surface area contributed by atoms with Gasteiger partial charge in [-0.15, -0.1) is 35.3 Å². The Labute approximate surface area is 577 Å². The maximum absolute atomic E-state index is 12.8. The summed E-state index contributed by atoms with van der Waals surface area (Å²) in [5.74, 6) is 1.11. The minimum atomic E-state index is -4.36. The molecule has 3 atom stereocenters. The second kappa shape index (κ2) is 28.6. The monoisotopic (exact) mass is 1370 g/mol. The van der Waals surface area contributed by atoms with Gasteiger partial charge in [-0.05, 0) is 279 Å². The van der Waals surface area contributed by atoms with Crippen molar-refractivity contribution in [1.82, 2.24) is 0 Å². The molecular weight excluding hydrogens is 1290 g/mol. The number of benzene rings is 9. The predicted molar refractivity (Wildman–Crippen MR) is 384 cm³/mol. The molecule has 96 heavy (non-hydrogen) atoms. The standard InChI is InChI=1S/C27H24F3NOS.C27H26F3NS.C18H19N.C9H9ClOS/c1-17-4-2-5-18-12-14-26(24(17)18)15-13-19-6-3-7-22(25(19)26)31-23(32)16-33-21-10-8-20(9-11-21)27(28,29)30;1-18-4-2-5-19-12-14-26(24(18)19)15-13-20-6-3-7-23(25(20)26)31-16-17-32-22-10-8-21(9-11-22)27(28,29)30;1-12-4-2-5-13-8-10-18(16(12)13)11-9-14-6-3-7-15(19)17(14)18;1-7-2-4-8(5-3-7)12-6-9(10)11/h2-11H,12-16H2,1H3,(H,31,32);2-11,31H,12-17H2,1H3;2-7H,8-11,19H2,1H3;2-5H,6H2,1H3/t2*26-;18-;/m111./s1. The number of aryl methyl sites for hydroxylation is 10. The summed E-state index contributed by atoms with van der Waals surface area (Å²) < 4.78 is 76.5. The number of fused-ring (bicyclic) bond motifs is 12. The highest BCUT2D eigenvalue weighted by atomic mass is 35.5. The fourth-order valence-electron chi connectivity index (χ4n) is 16.6. The van der Waals surface area contributed by atoms with Crippen LogP contribution in [0.1, 0.15) is 139 Å². The number of amides is 1. The van der Waals surface area contributed by atoms with E-state index in [1.54, 1.807) is 29.5 Å². The Bertz CT molecular complexity index is 4280. The maximum atomic E-state index is 12.8. The van der Waals surface area contributed by atoms with Gasteiger partial charge < -0.3 is 16.4 Å². The average Bonchev–Trinajstić information content (AvgIpc) is 1.57. The first kappa shape index (κ1) is 68.6. The maximum Gasteiger partial charge on any atom is 0.416 e. The highest BCUT2D eigenvalue weighted by molar-refractivity contribution is 8.00. The molecule has 9 aromatic rings. The SMILES string of the molecule is Cc1ccc(SCC(=O)Cl)cc1.Cc1cccc2c1[C@@]1(CC2)CCc2cccc(N)c21.Cc1cccc2c1[C@@]1(CC2)CCc2cccc(NC(=O)CSc3ccc(C(F)(F)F)cc3)c21.Cc1cccc2c1[C@@]1(CC2)CCc2cccc(NCCSc3ccc(C(F)(F)F)cc3)c21. The van der Waals surface area contributed by atoms with E-state index in [2.05, 4.69) is 128 Å². The summed E-state index contributed by atoms with van der Waals surface area (Å²) in [6.07, 6.45) is 4.90. The first-order chi connectivity index (χ1) is 46.1. The van der Waals surface area contributed by atoms with Crippen LogP contribution in [0.2, 0.25) is 0 Å². The first-order valence-corrected chi connectivity index (χ1v) is 36.3. The van der Waals surface area contributed by atoms with Gasteiger partial charge in [-0.1, -0.05) is 109 Å². The van der Waals surface area contributed by atoms with E-state index in [0.29, 0.717) is 10.6 Å². The molecular formula is C81H78ClF6N3O2S3. The summed E-state index contributed by atoms with van der Waals surface area (Å²) in [5, 5.41) is 6.46. The lowest BCUT2D eigenvalue weighted by molar-refractivity contribution is -0.138. The molecule has 0 unspecified atom stereocenters. The predicted octanol–water partition coefficient (Wildman–Crippen LogP) is 20.9. The molecule has 4 N–H and O–H groups in total. The minimum absolute atomic E-state index is 0.0551. The van der Waals surface area contributed by atoms with Crippen molar-refractivity contribution in [3.05, 3.63) is 282 Å². The molecule has 0 bridgehead atoms. The second-order valence-electron chi connectivity index (χ2n) is 26.2. The number of anilines is 3. The van der Waals surface area contributed by atoms with Crippen molar-refractivity contribution in [1.29, 1.82) is 0 Å². The number of nitrogen functional groups attached to an aromatic ring is 1. The van der Waals surface area contributed by atoms with Crippen molar-refractivity contribution in [2.24, 2.45) is 0 Å². The number of hydrogen-bond acceptors (Lipinski definition) is 7. The molecule has 0 heterocycles.